The number of hydrogen-bond donors (Lipinski definition) is 1. The van der Waals surface area contributed by atoms with Crippen molar-refractivity contribution >= 4 is 33.9 Å². The Balaban J connectivity index is 1.54. The van der Waals surface area contributed by atoms with E-state index in [9.17, 15) is 9.18 Å². The second kappa shape index (κ2) is 6.63. The van der Waals surface area contributed by atoms with Crippen molar-refractivity contribution in [3.8, 4) is 16.5 Å². The van der Waals surface area contributed by atoms with Gasteiger partial charge in [0.1, 0.15) is 11.6 Å². The summed E-state index contributed by atoms with van der Waals surface area (Å²) in [6.45, 7) is -0.181. The number of halogens is 1. The number of thiophene rings is 1. The van der Waals surface area contributed by atoms with E-state index >= 15 is 0 Å². The number of carbonyl (C=O) groups excluding carboxylic acids is 1. The van der Waals surface area contributed by atoms with Gasteiger partial charge < -0.3 is 4.74 Å². The number of hydrogen-bond acceptors (Lipinski definition) is 6. The third-order valence-electron chi connectivity index (χ3n) is 2.60. The maximum atomic E-state index is 12.7. The minimum absolute atomic E-state index is 0.181. The van der Waals surface area contributed by atoms with E-state index in [2.05, 4.69) is 14.7 Å². The highest BCUT2D eigenvalue weighted by atomic mass is 32.1. The molecule has 2 heterocycles. The maximum Gasteiger partial charge on any atom is 0.264 e. The second-order valence-corrected chi connectivity index (χ2v) is 5.89. The fraction of sp³-hybridized carbons (Fsp3) is 0.0714. The van der Waals surface area contributed by atoms with Crippen molar-refractivity contribution < 1.29 is 13.9 Å². The molecule has 1 amide bonds. The molecule has 0 bridgehead atoms. The summed E-state index contributed by atoms with van der Waals surface area (Å²) in [6.07, 6.45) is 0. The fourth-order valence-electron chi connectivity index (χ4n) is 1.62. The molecule has 0 atom stereocenters. The van der Waals surface area contributed by atoms with Crippen LogP contribution in [0.3, 0.4) is 0 Å². The molecule has 0 aliphatic carbocycles. The van der Waals surface area contributed by atoms with Gasteiger partial charge >= 0.3 is 0 Å². The van der Waals surface area contributed by atoms with Gasteiger partial charge in [0.15, 0.2) is 12.4 Å². The zero-order valence-electron chi connectivity index (χ0n) is 11.2. The van der Waals surface area contributed by atoms with E-state index in [-0.39, 0.29) is 18.3 Å². The van der Waals surface area contributed by atoms with Crippen LogP contribution in [0.15, 0.2) is 41.8 Å². The Labute approximate surface area is 133 Å². The molecule has 8 heteroatoms. The minimum Gasteiger partial charge on any atom is -0.484 e. The molecule has 2 aromatic heterocycles. The first-order valence-electron chi connectivity index (χ1n) is 6.26. The van der Waals surface area contributed by atoms with Gasteiger partial charge in [0.05, 0.1) is 4.88 Å². The number of nitrogens with one attached hydrogen (secondary N) is 1. The summed E-state index contributed by atoms with van der Waals surface area (Å²) < 4.78 is 22.2. The highest BCUT2D eigenvalue weighted by Crippen LogP contribution is 2.24. The zero-order valence-corrected chi connectivity index (χ0v) is 12.8. The molecule has 3 rings (SSSR count). The first-order chi connectivity index (χ1) is 10.7. The molecule has 0 radical (unpaired) electrons. The van der Waals surface area contributed by atoms with E-state index in [0.29, 0.717) is 16.7 Å². The molecule has 0 aliphatic rings. The van der Waals surface area contributed by atoms with Crippen LogP contribution in [0.25, 0.3) is 10.7 Å². The molecule has 5 nitrogen and oxygen atoms in total. The van der Waals surface area contributed by atoms with Crippen LogP contribution in [0.5, 0.6) is 5.75 Å². The number of aromatic nitrogens is 2. The summed E-state index contributed by atoms with van der Waals surface area (Å²) in [7, 11) is 0. The van der Waals surface area contributed by atoms with Gasteiger partial charge in [-0.25, -0.2) is 4.39 Å². The normalized spacial score (nSPS) is 10.4. The van der Waals surface area contributed by atoms with Gasteiger partial charge in [0.25, 0.3) is 5.91 Å². The SMILES string of the molecule is O=C(COc1ccc(F)cc1)Nc1nc(-c2cccs2)ns1. The van der Waals surface area contributed by atoms with Crippen LogP contribution < -0.4 is 10.1 Å². The van der Waals surface area contributed by atoms with Crippen LogP contribution in [0, 0.1) is 5.82 Å². The Kier molecular flexibility index (Phi) is 4.40. The Hall–Kier alpha value is -2.32. The Bertz CT molecular complexity index is 757. The number of rotatable bonds is 5. The van der Waals surface area contributed by atoms with Gasteiger partial charge in [-0.3, -0.25) is 10.1 Å². The van der Waals surface area contributed by atoms with Gasteiger partial charge in [0.2, 0.25) is 5.13 Å². The minimum atomic E-state index is -0.355. The number of benzene rings is 1. The molecule has 112 valence electrons. The fourth-order valence-corrected chi connectivity index (χ4v) is 2.93. The number of anilines is 1. The smallest absolute Gasteiger partial charge is 0.264 e. The van der Waals surface area contributed by atoms with Crippen molar-refractivity contribution in [3.05, 3.63) is 47.6 Å². The summed E-state index contributed by atoms with van der Waals surface area (Å²) in [5.41, 5.74) is 0. The molecule has 3 aromatic rings. The number of carbonyl (C=O) groups is 1. The zero-order chi connectivity index (χ0) is 15.4. The van der Waals surface area contributed by atoms with Crippen LogP contribution in [-0.2, 0) is 4.79 Å². The van der Waals surface area contributed by atoms with E-state index < -0.39 is 0 Å². The van der Waals surface area contributed by atoms with E-state index in [0.717, 1.165) is 16.4 Å². The lowest BCUT2D eigenvalue weighted by Gasteiger charge is -2.05. The molecule has 0 fully saturated rings. The summed E-state index contributed by atoms with van der Waals surface area (Å²) in [5, 5.41) is 4.97. The number of amides is 1. The molecule has 0 aliphatic heterocycles. The Morgan fingerprint density at radius 3 is 2.82 bits per heavy atom. The molecular formula is C14H10FN3O2S2. The standard InChI is InChI=1S/C14H10FN3O2S2/c15-9-3-5-10(6-4-9)20-8-12(19)16-14-17-13(18-22-14)11-2-1-7-21-11/h1-7H,8H2,(H,16,17,18,19). The predicted molar refractivity (Wildman–Crippen MR) is 83.7 cm³/mol. The molecule has 0 unspecified atom stereocenters. The van der Waals surface area contributed by atoms with Crippen molar-refractivity contribution in [2.24, 2.45) is 0 Å². The van der Waals surface area contributed by atoms with Gasteiger partial charge in [-0.1, -0.05) is 6.07 Å². The summed E-state index contributed by atoms with van der Waals surface area (Å²) >= 11 is 2.64. The van der Waals surface area contributed by atoms with Crippen molar-refractivity contribution in [3.63, 3.8) is 0 Å². The number of nitrogens with zero attached hydrogens (tertiary/aromatic N) is 2. The lowest BCUT2D eigenvalue weighted by molar-refractivity contribution is -0.118. The number of ether oxygens (including phenoxy) is 1. The summed E-state index contributed by atoms with van der Waals surface area (Å²) in [6, 6.07) is 9.28. The van der Waals surface area contributed by atoms with Gasteiger partial charge in [-0.2, -0.15) is 9.36 Å². The topological polar surface area (TPSA) is 64.1 Å². The summed E-state index contributed by atoms with van der Waals surface area (Å²) in [4.78, 5) is 17.0. The maximum absolute atomic E-state index is 12.7. The van der Waals surface area contributed by atoms with Crippen molar-refractivity contribution in [1.82, 2.24) is 9.36 Å². The highest BCUT2D eigenvalue weighted by molar-refractivity contribution is 7.14. The molecular weight excluding hydrogens is 325 g/mol. The quantitative estimate of drug-likeness (QED) is 0.776. The summed E-state index contributed by atoms with van der Waals surface area (Å²) in [5.74, 6) is 0.313. The third-order valence-corrected chi connectivity index (χ3v) is 4.09. The van der Waals surface area contributed by atoms with Crippen molar-refractivity contribution in [1.29, 1.82) is 0 Å². The first kappa shape index (κ1) is 14.6. The average molecular weight is 335 g/mol. The Morgan fingerprint density at radius 2 is 2.09 bits per heavy atom. The molecule has 0 saturated carbocycles. The predicted octanol–water partition coefficient (Wildman–Crippen LogP) is 3.42. The molecule has 22 heavy (non-hydrogen) atoms. The van der Waals surface area contributed by atoms with Crippen LogP contribution in [0.2, 0.25) is 0 Å². The van der Waals surface area contributed by atoms with E-state index in [1.807, 2.05) is 17.5 Å². The van der Waals surface area contributed by atoms with E-state index in [1.54, 1.807) is 0 Å². The molecule has 0 spiro atoms. The van der Waals surface area contributed by atoms with E-state index in [1.165, 1.54) is 35.6 Å². The first-order valence-corrected chi connectivity index (χ1v) is 7.92. The second-order valence-electron chi connectivity index (χ2n) is 4.19. The van der Waals surface area contributed by atoms with Gasteiger partial charge in [-0.15, -0.1) is 11.3 Å². The van der Waals surface area contributed by atoms with Crippen LogP contribution in [-0.4, -0.2) is 21.9 Å². The monoisotopic (exact) mass is 335 g/mol. The van der Waals surface area contributed by atoms with Crippen LogP contribution >= 0.6 is 22.9 Å². The Morgan fingerprint density at radius 1 is 1.27 bits per heavy atom. The van der Waals surface area contributed by atoms with Crippen molar-refractivity contribution in [2.45, 2.75) is 0 Å². The van der Waals surface area contributed by atoms with Crippen LogP contribution in [0.4, 0.5) is 9.52 Å². The molecule has 1 N–H and O–H groups in total. The lowest BCUT2D eigenvalue weighted by Crippen LogP contribution is -2.20. The van der Waals surface area contributed by atoms with Crippen molar-refractivity contribution in [2.75, 3.05) is 11.9 Å². The lowest BCUT2D eigenvalue weighted by atomic mass is 10.3. The molecule has 1 aromatic carbocycles. The molecule has 0 saturated heterocycles. The van der Waals surface area contributed by atoms with E-state index in [4.69, 9.17) is 4.74 Å². The third kappa shape index (κ3) is 3.66. The highest BCUT2D eigenvalue weighted by Gasteiger charge is 2.10. The van der Waals surface area contributed by atoms with Gasteiger partial charge in [-0.05, 0) is 35.7 Å². The van der Waals surface area contributed by atoms with Gasteiger partial charge in [0, 0.05) is 11.5 Å². The average Bonchev–Trinajstić information content (AvgIpc) is 3.17. The largest absolute Gasteiger partial charge is 0.484 e. The van der Waals surface area contributed by atoms with Crippen LogP contribution in [0.1, 0.15) is 0 Å².